The van der Waals surface area contributed by atoms with E-state index < -0.39 is 6.10 Å². The molecule has 0 spiro atoms. The quantitative estimate of drug-likeness (QED) is 0.882. The van der Waals surface area contributed by atoms with Crippen LogP contribution in [0.3, 0.4) is 0 Å². The highest BCUT2D eigenvalue weighted by molar-refractivity contribution is 5.96. The van der Waals surface area contributed by atoms with Crippen LogP contribution in [0.2, 0.25) is 0 Å². The lowest BCUT2D eigenvalue weighted by molar-refractivity contribution is -0.127. The summed E-state index contributed by atoms with van der Waals surface area (Å²) < 4.78 is 0. The first-order chi connectivity index (χ1) is 8.54. The lowest BCUT2D eigenvalue weighted by Gasteiger charge is -2.26. The first kappa shape index (κ1) is 12.8. The van der Waals surface area contributed by atoms with E-state index in [1.807, 2.05) is 6.07 Å². The summed E-state index contributed by atoms with van der Waals surface area (Å²) >= 11 is 0. The average Bonchev–Trinajstić information content (AvgIpc) is 2.41. The maximum absolute atomic E-state index is 11.6. The predicted molar refractivity (Wildman–Crippen MR) is 68.4 cm³/mol. The molecule has 1 aliphatic heterocycles. The van der Waals surface area contributed by atoms with Crippen molar-refractivity contribution in [2.45, 2.75) is 32.3 Å². The number of nitrogens with zero attached hydrogens (tertiary/aromatic N) is 1. The van der Waals surface area contributed by atoms with Crippen molar-refractivity contribution < 1.29 is 14.7 Å². The standard InChI is InChI=1S/C14H17NO3/c1-3-12(16)14(18)10-4-6-11-9(8-10)5-7-13(17)15(11)2/h4,6,8,14,18H,3,5,7H2,1-2H3. The van der Waals surface area contributed by atoms with Gasteiger partial charge in [-0.05, 0) is 23.6 Å². The monoisotopic (exact) mass is 247 g/mol. The van der Waals surface area contributed by atoms with Gasteiger partial charge in [-0.3, -0.25) is 9.59 Å². The SMILES string of the molecule is CCC(=O)C(O)c1ccc2c(c1)CCC(=O)N2C. The molecule has 0 saturated heterocycles. The highest BCUT2D eigenvalue weighted by atomic mass is 16.3. The van der Waals surface area contributed by atoms with Crippen LogP contribution in [0.25, 0.3) is 0 Å². The number of carbonyl (C=O) groups excluding carboxylic acids is 2. The van der Waals surface area contributed by atoms with Gasteiger partial charge in [-0.15, -0.1) is 0 Å². The fraction of sp³-hybridized carbons (Fsp3) is 0.429. The van der Waals surface area contributed by atoms with Crippen molar-refractivity contribution in [2.75, 3.05) is 11.9 Å². The van der Waals surface area contributed by atoms with Crippen molar-refractivity contribution in [1.29, 1.82) is 0 Å². The molecular formula is C14H17NO3. The van der Waals surface area contributed by atoms with Gasteiger partial charge in [-0.25, -0.2) is 0 Å². The third kappa shape index (κ3) is 2.16. The zero-order valence-electron chi connectivity index (χ0n) is 10.6. The molecule has 18 heavy (non-hydrogen) atoms. The van der Waals surface area contributed by atoms with E-state index in [-0.39, 0.29) is 11.7 Å². The van der Waals surface area contributed by atoms with Gasteiger partial charge < -0.3 is 10.0 Å². The van der Waals surface area contributed by atoms with Crippen molar-refractivity contribution in [3.05, 3.63) is 29.3 Å². The minimum Gasteiger partial charge on any atom is -0.381 e. The summed E-state index contributed by atoms with van der Waals surface area (Å²) in [6.45, 7) is 1.73. The van der Waals surface area contributed by atoms with Crippen molar-refractivity contribution in [2.24, 2.45) is 0 Å². The molecule has 1 unspecified atom stereocenters. The van der Waals surface area contributed by atoms with Crippen LogP contribution in [0.15, 0.2) is 18.2 Å². The summed E-state index contributed by atoms with van der Waals surface area (Å²) in [6, 6.07) is 5.34. The Kier molecular flexibility index (Phi) is 3.48. The molecule has 2 rings (SSSR count). The zero-order valence-corrected chi connectivity index (χ0v) is 10.6. The van der Waals surface area contributed by atoms with Crippen LogP contribution in [0.4, 0.5) is 5.69 Å². The van der Waals surface area contributed by atoms with Crippen LogP contribution in [0, 0.1) is 0 Å². The Bertz CT molecular complexity index is 496. The number of aryl methyl sites for hydroxylation is 1. The first-order valence-electron chi connectivity index (χ1n) is 6.14. The van der Waals surface area contributed by atoms with Crippen LogP contribution in [-0.4, -0.2) is 23.8 Å². The molecular weight excluding hydrogens is 230 g/mol. The highest BCUT2D eigenvalue weighted by Crippen LogP contribution is 2.29. The Hall–Kier alpha value is -1.68. The van der Waals surface area contributed by atoms with Gasteiger partial charge in [0, 0.05) is 25.6 Å². The lowest BCUT2D eigenvalue weighted by atomic mass is 9.95. The normalized spacial score (nSPS) is 16.4. The molecule has 0 aromatic heterocycles. The molecule has 96 valence electrons. The summed E-state index contributed by atoms with van der Waals surface area (Å²) in [4.78, 5) is 24.7. The third-order valence-corrected chi connectivity index (χ3v) is 3.42. The number of aliphatic hydroxyl groups is 1. The molecule has 0 radical (unpaired) electrons. The summed E-state index contributed by atoms with van der Waals surface area (Å²) in [5.41, 5.74) is 2.49. The number of hydrogen-bond donors (Lipinski definition) is 1. The van der Waals surface area contributed by atoms with Crippen LogP contribution in [0.1, 0.15) is 37.0 Å². The third-order valence-electron chi connectivity index (χ3n) is 3.42. The number of amides is 1. The maximum atomic E-state index is 11.6. The molecule has 4 nitrogen and oxygen atoms in total. The molecule has 1 atom stereocenters. The molecule has 1 N–H and O–H groups in total. The number of Topliss-reactive ketones (excluding diaryl/α,β-unsaturated/α-hetero) is 1. The minimum absolute atomic E-state index is 0.0976. The Morgan fingerprint density at radius 1 is 1.44 bits per heavy atom. The van der Waals surface area contributed by atoms with Crippen LogP contribution < -0.4 is 4.90 Å². The number of aliphatic hydroxyl groups excluding tert-OH is 1. The Balaban J connectivity index is 2.33. The molecule has 0 fully saturated rings. The van der Waals surface area contributed by atoms with Crippen molar-refractivity contribution in [3.8, 4) is 0 Å². The number of benzene rings is 1. The van der Waals surface area contributed by atoms with Gasteiger partial charge in [0.05, 0.1) is 0 Å². The number of hydrogen-bond acceptors (Lipinski definition) is 3. The van der Waals surface area contributed by atoms with Gasteiger partial charge in [-0.2, -0.15) is 0 Å². The van der Waals surface area contributed by atoms with Gasteiger partial charge >= 0.3 is 0 Å². The van der Waals surface area contributed by atoms with E-state index in [1.54, 1.807) is 31.0 Å². The second-order valence-electron chi connectivity index (χ2n) is 4.56. The molecule has 0 saturated carbocycles. The fourth-order valence-corrected chi connectivity index (χ4v) is 2.23. The minimum atomic E-state index is -1.05. The summed E-state index contributed by atoms with van der Waals surface area (Å²) in [5.74, 6) is -0.0874. The van der Waals surface area contributed by atoms with E-state index >= 15 is 0 Å². The van der Waals surface area contributed by atoms with Crippen LogP contribution in [-0.2, 0) is 16.0 Å². The Morgan fingerprint density at radius 2 is 2.17 bits per heavy atom. The molecule has 1 amide bonds. The van der Waals surface area contributed by atoms with E-state index in [4.69, 9.17) is 0 Å². The molecule has 1 aromatic carbocycles. The Morgan fingerprint density at radius 3 is 2.83 bits per heavy atom. The molecule has 4 heteroatoms. The molecule has 0 bridgehead atoms. The average molecular weight is 247 g/mol. The fourth-order valence-electron chi connectivity index (χ4n) is 2.23. The van der Waals surface area contributed by atoms with Gasteiger partial charge in [0.2, 0.25) is 5.91 Å². The molecule has 1 aromatic rings. The first-order valence-corrected chi connectivity index (χ1v) is 6.14. The van der Waals surface area contributed by atoms with Gasteiger partial charge in [0.1, 0.15) is 6.10 Å². The van der Waals surface area contributed by atoms with E-state index in [0.717, 1.165) is 11.3 Å². The van der Waals surface area contributed by atoms with Crippen LogP contribution >= 0.6 is 0 Å². The van der Waals surface area contributed by atoms with E-state index in [1.165, 1.54) is 0 Å². The summed E-state index contributed by atoms with van der Waals surface area (Å²) in [6.07, 6.45) is 0.407. The number of fused-ring (bicyclic) bond motifs is 1. The maximum Gasteiger partial charge on any atom is 0.227 e. The summed E-state index contributed by atoms with van der Waals surface area (Å²) in [5, 5.41) is 9.88. The van der Waals surface area contributed by atoms with Gasteiger partial charge in [0.25, 0.3) is 0 Å². The topological polar surface area (TPSA) is 57.6 Å². The second kappa shape index (κ2) is 4.90. The van der Waals surface area contributed by atoms with Gasteiger partial charge in [0.15, 0.2) is 5.78 Å². The highest BCUT2D eigenvalue weighted by Gasteiger charge is 2.23. The largest absolute Gasteiger partial charge is 0.381 e. The zero-order chi connectivity index (χ0) is 13.3. The van der Waals surface area contributed by atoms with E-state index in [9.17, 15) is 14.7 Å². The van der Waals surface area contributed by atoms with E-state index in [0.29, 0.717) is 24.8 Å². The number of ketones is 1. The molecule has 0 aliphatic carbocycles. The van der Waals surface area contributed by atoms with Crippen LogP contribution in [0.5, 0.6) is 0 Å². The summed E-state index contributed by atoms with van der Waals surface area (Å²) in [7, 11) is 1.74. The number of carbonyl (C=O) groups is 2. The molecule has 1 heterocycles. The number of rotatable bonds is 3. The van der Waals surface area contributed by atoms with Crippen molar-refractivity contribution in [1.82, 2.24) is 0 Å². The Labute approximate surface area is 106 Å². The number of anilines is 1. The molecule has 1 aliphatic rings. The van der Waals surface area contributed by atoms with Gasteiger partial charge in [-0.1, -0.05) is 19.1 Å². The van der Waals surface area contributed by atoms with Crippen molar-refractivity contribution in [3.63, 3.8) is 0 Å². The predicted octanol–water partition coefficient (Wildman–Crippen LogP) is 1.61. The van der Waals surface area contributed by atoms with Crippen molar-refractivity contribution >= 4 is 17.4 Å². The second-order valence-corrected chi connectivity index (χ2v) is 4.56. The lowest BCUT2D eigenvalue weighted by Crippen LogP contribution is -2.31. The van der Waals surface area contributed by atoms with E-state index in [2.05, 4.69) is 0 Å². The smallest absolute Gasteiger partial charge is 0.227 e.